The van der Waals surface area contributed by atoms with Crippen molar-refractivity contribution in [1.82, 2.24) is 9.80 Å². The van der Waals surface area contributed by atoms with Crippen LogP contribution in [0.25, 0.3) is 11.3 Å². The van der Waals surface area contributed by atoms with Crippen molar-refractivity contribution in [3.63, 3.8) is 0 Å². The summed E-state index contributed by atoms with van der Waals surface area (Å²) in [6, 6.07) is 11.7. The summed E-state index contributed by atoms with van der Waals surface area (Å²) in [5.74, 6) is 1.99. The Morgan fingerprint density at radius 2 is 1.96 bits per heavy atom. The van der Waals surface area contributed by atoms with E-state index in [2.05, 4.69) is 4.90 Å². The number of likely N-dealkylation sites (N-methyl/N-ethyl adjacent to an activating group) is 1. The van der Waals surface area contributed by atoms with Crippen LogP contribution in [0.3, 0.4) is 0 Å². The van der Waals surface area contributed by atoms with Crippen molar-refractivity contribution in [2.24, 2.45) is 5.41 Å². The number of rotatable bonds is 4. The van der Waals surface area contributed by atoms with Gasteiger partial charge in [0, 0.05) is 26.3 Å². The maximum atomic E-state index is 12.8. The number of piperidine rings is 2. The quantitative estimate of drug-likeness (QED) is 0.773. The van der Waals surface area contributed by atoms with E-state index in [9.17, 15) is 4.79 Å². The Morgan fingerprint density at radius 3 is 2.68 bits per heavy atom. The monoisotopic (exact) mass is 402 g/mol. The van der Waals surface area contributed by atoms with E-state index in [1.54, 1.807) is 7.11 Å². The maximum absolute atomic E-state index is 12.8. The molecule has 0 aliphatic carbocycles. The molecule has 1 aromatic heterocycles. The number of hydrogen-bond acceptors (Lipinski definition) is 4. The van der Waals surface area contributed by atoms with Gasteiger partial charge in [0.1, 0.15) is 11.5 Å². The number of methoxy groups -OCH3 is 1. The van der Waals surface area contributed by atoms with Crippen LogP contribution in [0.1, 0.15) is 25.0 Å². The van der Waals surface area contributed by atoms with Gasteiger partial charge in [-0.2, -0.15) is 0 Å². The van der Waals surface area contributed by atoms with Crippen LogP contribution < -0.4 is 0 Å². The molecule has 2 fully saturated rings. The van der Waals surface area contributed by atoms with E-state index in [4.69, 9.17) is 20.8 Å². The Labute approximate surface area is 171 Å². The van der Waals surface area contributed by atoms with E-state index in [-0.39, 0.29) is 17.4 Å². The molecule has 2 aromatic rings. The number of halogens is 1. The highest BCUT2D eigenvalue weighted by molar-refractivity contribution is 6.33. The fourth-order valence-electron chi connectivity index (χ4n) is 4.59. The molecule has 1 spiro atoms. The molecule has 1 amide bonds. The topological polar surface area (TPSA) is 45.9 Å². The lowest BCUT2D eigenvalue weighted by atomic mass is 9.71. The number of ether oxygens (including phenoxy) is 1. The lowest BCUT2D eigenvalue weighted by molar-refractivity contribution is -0.156. The number of hydrogen-bond donors (Lipinski definition) is 0. The number of furan rings is 1. The van der Waals surface area contributed by atoms with Crippen LogP contribution in [-0.2, 0) is 16.1 Å². The minimum atomic E-state index is -0.268. The van der Waals surface area contributed by atoms with E-state index in [0.717, 1.165) is 56.0 Å². The Bertz CT molecular complexity index is 842. The standard InChI is InChI=1S/C22H27ClN2O3/c1-24-14-17(27-2)13-22(21(24)26)9-11-25(12-10-22)15-16-7-8-20(28-16)18-5-3-4-6-19(18)23/h3-8,17H,9-15H2,1-2H3. The van der Waals surface area contributed by atoms with Crippen molar-refractivity contribution < 1.29 is 13.9 Å². The molecule has 0 bridgehead atoms. The van der Waals surface area contributed by atoms with Gasteiger partial charge < -0.3 is 14.1 Å². The van der Waals surface area contributed by atoms with Crippen molar-refractivity contribution in [2.45, 2.75) is 31.9 Å². The van der Waals surface area contributed by atoms with E-state index in [0.29, 0.717) is 11.6 Å². The summed E-state index contributed by atoms with van der Waals surface area (Å²) in [4.78, 5) is 17.0. The smallest absolute Gasteiger partial charge is 0.228 e. The highest BCUT2D eigenvalue weighted by atomic mass is 35.5. The van der Waals surface area contributed by atoms with Crippen molar-refractivity contribution in [2.75, 3.05) is 33.8 Å². The van der Waals surface area contributed by atoms with Crippen molar-refractivity contribution in [1.29, 1.82) is 0 Å². The van der Waals surface area contributed by atoms with E-state index < -0.39 is 0 Å². The first-order valence-electron chi connectivity index (χ1n) is 9.85. The Hall–Kier alpha value is -1.82. The van der Waals surface area contributed by atoms with Crippen LogP contribution in [-0.4, -0.2) is 55.6 Å². The molecule has 0 radical (unpaired) electrons. The van der Waals surface area contributed by atoms with Gasteiger partial charge in [-0.15, -0.1) is 0 Å². The number of carbonyl (C=O) groups excluding carboxylic acids is 1. The van der Waals surface area contributed by atoms with Crippen LogP contribution >= 0.6 is 11.6 Å². The number of benzene rings is 1. The molecule has 0 N–H and O–H groups in total. The lowest BCUT2D eigenvalue weighted by Gasteiger charge is -2.47. The first kappa shape index (κ1) is 19.5. The molecule has 1 atom stereocenters. The summed E-state index contributed by atoms with van der Waals surface area (Å²) in [6.07, 6.45) is 2.71. The van der Waals surface area contributed by atoms with E-state index >= 15 is 0 Å². The lowest BCUT2D eigenvalue weighted by Crippen LogP contribution is -2.56. The van der Waals surface area contributed by atoms with Gasteiger partial charge in [0.2, 0.25) is 5.91 Å². The molecule has 2 saturated heterocycles. The van der Waals surface area contributed by atoms with Gasteiger partial charge in [-0.1, -0.05) is 23.7 Å². The molecule has 2 aliphatic rings. The fourth-order valence-corrected chi connectivity index (χ4v) is 4.81. The molecule has 1 unspecified atom stereocenters. The summed E-state index contributed by atoms with van der Waals surface area (Å²) >= 11 is 6.28. The third-order valence-electron chi connectivity index (χ3n) is 6.22. The SMILES string of the molecule is COC1CN(C)C(=O)C2(CCN(Cc3ccc(-c4ccccc4Cl)o3)CC2)C1. The first-order chi connectivity index (χ1) is 13.5. The zero-order valence-electron chi connectivity index (χ0n) is 16.5. The second kappa shape index (κ2) is 7.90. The first-order valence-corrected chi connectivity index (χ1v) is 10.2. The Morgan fingerprint density at radius 1 is 1.21 bits per heavy atom. The van der Waals surface area contributed by atoms with Crippen LogP contribution in [0.15, 0.2) is 40.8 Å². The van der Waals surface area contributed by atoms with Gasteiger partial charge in [0.05, 0.1) is 23.1 Å². The van der Waals surface area contributed by atoms with Gasteiger partial charge in [0.15, 0.2) is 0 Å². The molecule has 150 valence electrons. The number of carbonyl (C=O) groups is 1. The molecular formula is C22H27ClN2O3. The van der Waals surface area contributed by atoms with Gasteiger partial charge >= 0.3 is 0 Å². The summed E-state index contributed by atoms with van der Waals surface area (Å²) in [5.41, 5.74) is 0.644. The predicted molar refractivity (Wildman–Crippen MR) is 109 cm³/mol. The summed E-state index contributed by atoms with van der Waals surface area (Å²) < 4.78 is 11.6. The Kier molecular flexibility index (Phi) is 5.50. The highest BCUT2D eigenvalue weighted by Crippen LogP contribution is 2.41. The zero-order valence-corrected chi connectivity index (χ0v) is 17.2. The van der Waals surface area contributed by atoms with E-state index in [1.807, 2.05) is 48.3 Å². The summed E-state index contributed by atoms with van der Waals surface area (Å²) in [6.45, 7) is 3.21. The molecule has 28 heavy (non-hydrogen) atoms. The van der Waals surface area contributed by atoms with Crippen LogP contribution in [0.2, 0.25) is 5.02 Å². The zero-order chi connectivity index (χ0) is 19.7. The predicted octanol–water partition coefficient (Wildman–Crippen LogP) is 4.06. The molecule has 6 heteroatoms. The second-order valence-corrected chi connectivity index (χ2v) is 8.46. The highest BCUT2D eigenvalue weighted by Gasteiger charge is 2.47. The molecule has 0 saturated carbocycles. The van der Waals surface area contributed by atoms with Crippen molar-refractivity contribution in [3.05, 3.63) is 47.2 Å². The van der Waals surface area contributed by atoms with Crippen molar-refractivity contribution in [3.8, 4) is 11.3 Å². The summed E-state index contributed by atoms with van der Waals surface area (Å²) in [7, 11) is 3.63. The molecular weight excluding hydrogens is 376 g/mol. The number of nitrogens with zero attached hydrogens (tertiary/aromatic N) is 2. The third-order valence-corrected chi connectivity index (χ3v) is 6.55. The van der Waals surface area contributed by atoms with Gasteiger partial charge in [-0.05, 0) is 56.6 Å². The van der Waals surface area contributed by atoms with Gasteiger partial charge in [0.25, 0.3) is 0 Å². The van der Waals surface area contributed by atoms with Crippen LogP contribution in [0, 0.1) is 5.41 Å². The van der Waals surface area contributed by atoms with Crippen molar-refractivity contribution >= 4 is 17.5 Å². The number of amides is 1. The third kappa shape index (κ3) is 3.71. The Balaban J connectivity index is 1.40. The van der Waals surface area contributed by atoms with E-state index in [1.165, 1.54) is 0 Å². The van der Waals surface area contributed by atoms with Gasteiger partial charge in [-0.25, -0.2) is 0 Å². The number of likely N-dealkylation sites (tertiary alicyclic amines) is 2. The van der Waals surface area contributed by atoms with Gasteiger partial charge in [-0.3, -0.25) is 9.69 Å². The van der Waals surface area contributed by atoms with Crippen LogP contribution in [0.4, 0.5) is 0 Å². The molecule has 2 aliphatic heterocycles. The molecule has 4 rings (SSSR count). The minimum absolute atomic E-state index is 0.137. The fraction of sp³-hybridized carbons (Fsp3) is 0.500. The molecule has 1 aromatic carbocycles. The second-order valence-electron chi connectivity index (χ2n) is 8.05. The normalized spacial score (nSPS) is 22.8. The minimum Gasteiger partial charge on any atom is -0.460 e. The average Bonchev–Trinajstić information content (AvgIpc) is 3.16. The molecule has 3 heterocycles. The summed E-state index contributed by atoms with van der Waals surface area (Å²) in [5, 5.41) is 0.691. The average molecular weight is 403 g/mol. The van der Waals surface area contributed by atoms with Crippen LogP contribution in [0.5, 0.6) is 0 Å². The largest absolute Gasteiger partial charge is 0.460 e. The maximum Gasteiger partial charge on any atom is 0.228 e. The molecule has 5 nitrogen and oxygen atoms in total.